The monoisotopic (exact) mass is 109 g/mol. The Bertz CT molecular complexity index is 44.1. The Morgan fingerprint density at radius 1 is 1.67 bits per heavy atom. The first-order chi connectivity index (χ1) is 2.89. The Morgan fingerprint density at radius 3 is 2.67 bits per heavy atom. The lowest BCUT2D eigenvalue weighted by atomic mass is 11.5. The van der Waals surface area contributed by atoms with Crippen LogP contribution in [0.3, 0.4) is 0 Å². The average molecular weight is 109 g/mol. The first-order valence-corrected chi connectivity index (χ1v) is 1.71. The third-order valence-electron chi connectivity index (χ3n) is 0.328. The van der Waals surface area contributed by atoms with Crippen molar-refractivity contribution in [1.82, 2.24) is 4.63 Å². The largest absolute Gasteiger partial charge is 0.230 e. The van der Waals surface area contributed by atoms with E-state index >= 15 is 0 Å². The van der Waals surface area contributed by atoms with Gasteiger partial charge in [0.15, 0.2) is 0 Å². The third kappa shape index (κ3) is 0.825. The SMILES string of the molecule is SN1OCOO1. The fraction of sp³-hybridized carbons (Fsp3) is 1.00. The summed E-state index contributed by atoms with van der Waals surface area (Å²) in [4.78, 5) is 12.7. The molecule has 36 valence electrons. The van der Waals surface area contributed by atoms with Gasteiger partial charge in [-0.2, -0.15) is 4.89 Å². The highest BCUT2D eigenvalue weighted by Gasteiger charge is 2.07. The molecule has 0 spiro atoms. The van der Waals surface area contributed by atoms with E-state index in [1.54, 1.807) is 0 Å². The third-order valence-corrected chi connectivity index (χ3v) is 0.510. The van der Waals surface area contributed by atoms with Crippen molar-refractivity contribution in [2.45, 2.75) is 0 Å². The minimum Gasteiger partial charge on any atom is -0.230 e. The normalized spacial score (nSPS) is 25.5. The molecule has 0 bridgehead atoms. The summed E-state index contributed by atoms with van der Waals surface area (Å²) in [6.45, 7) is 0.115. The van der Waals surface area contributed by atoms with Gasteiger partial charge in [0.05, 0.1) is 0 Å². The molecule has 0 aliphatic carbocycles. The van der Waals surface area contributed by atoms with Gasteiger partial charge in [0.2, 0.25) is 6.79 Å². The molecule has 0 atom stereocenters. The van der Waals surface area contributed by atoms with E-state index in [2.05, 4.69) is 27.5 Å². The van der Waals surface area contributed by atoms with Crippen molar-refractivity contribution in [1.29, 1.82) is 0 Å². The van der Waals surface area contributed by atoms with Gasteiger partial charge in [-0.25, -0.2) is 4.84 Å². The minimum atomic E-state index is 0.115. The van der Waals surface area contributed by atoms with Crippen LogP contribution < -0.4 is 0 Å². The van der Waals surface area contributed by atoms with Crippen LogP contribution in [0.25, 0.3) is 0 Å². The molecule has 0 amide bonds. The molecule has 1 fully saturated rings. The standard InChI is InChI=1S/CH3NO3S/c6-2-3-1-4-5-2/h6H,1H2. The van der Waals surface area contributed by atoms with E-state index in [-0.39, 0.29) is 6.79 Å². The van der Waals surface area contributed by atoms with Crippen LogP contribution in [0.15, 0.2) is 0 Å². The van der Waals surface area contributed by atoms with Gasteiger partial charge in [-0.3, -0.25) is 0 Å². The zero-order valence-electron chi connectivity index (χ0n) is 2.83. The van der Waals surface area contributed by atoms with Crippen molar-refractivity contribution in [3.8, 4) is 0 Å². The Morgan fingerprint density at radius 2 is 2.50 bits per heavy atom. The van der Waals surface area contributed by atoms with Crippen LogP contribution in [0.2, 0.25) is 0 Å². The van der Waals surface area contributed by atoms with Gasteiger partial charge in [0.1, 0.15) is 0 Å². The zero-order chi connectivity index (χ0) is 4.41. The van der Waals surface area contributed by atoms with Crippen molar-refractivity contribution >= 4 is 12.8 Å². The number of hydrogen-bond donors (Lipinski definition) is 1. The van der Waals surface area contributed by atoms with Gasteiger partial charge in [0, 0.05) is 4.63 Å². The molecule has 0 aromatic rings. The second-order valence-electron chi connectivity index (χ2n) is 0.677. The maximum absolute atomic E-state index is 4.41. The molecule has 1 aliphatic rings. The van der Waals surface area contributed by atoms with Crippen LogP contribution in [0.1, 0.15) is 0 Å². The van der Waals surface area contributed by atoms with Gasteiger partial charge in [-0.15, -0.1) is 0 Å². The Kier molecular flexibility index (Phi) is 1.28. The molecule has 0 saturated carbocycles. The van der Waals surface area contributed by atoms with Crippen molar-refractivity contribution in [2.75, 3.05) is 6.79 Å². The Balaban J connectivity index is 2.18. The number of hydrogen-bond acceptors (Lipinski definition) is 5. The van der Waals surface area contributed by atoms with Gasteiger partial charge in [-0.05, 0) is 12.8 Å². The summed E-state index contributed by atoms with van der Waals surface area (Å²) >= 11 is 3.56. The molecule has 4 nitrogen and oxygen atoms in total. The molecule has 0 unspecified atom stereocenters. The molecule has 1 heterocycles. The van der Waals surface area contributed by atoms with E-state index in [0.29, 0.717) is 0 Å². The Labute approximate surface area is 40.0 Å². The summed E-state index contributed by atoms with van der Waals surface area (Å²) < 4.78 is 0.833. The lowest BCUT2D eigenvalue weighted by Gasteiger charge is -1.92. The lowest BCUT2D eigenvalue weighted by molar-refractivity contribution is -0.358. The summed E-state index contributed by atoms with van der Waals surface area (Å²) in [6.07, 6.45) is 0. The maximum Gasteiger partial charge on any atom is 0.206 e. The first kappa shape index (κ1) is 4.35. The molecule has 0 radical (unpaired) electrons. The van der Waals surface area contributed by atoms with Gasteiger partial charge in [0.25, 0.3) is 0 Å². The van der Waals surface area contributed by atoms with Crippen molar-refractivity contribution in [2.24, 2.45) is 0 Å². The van der Waals surface area contributed by atoms with Crippen molar-refractivity contribution < 1.29 is 14.7 Å². The second-order valence-corrected chi connectivity index (χ2v) is 1.00. The number of thiol groups is 1. The van der Waals surface area contributed by atoms with Gasteiger partial charge >= 0.3 is 0 Å². The van der Waals surface area contributed by atoms with Crippen LogP contribution in [0.5, 0.6) is 0 Å². The van der Waals surface area contributed by atoms with E-state index in [4.69, 9.17) is 0 Å². The molecular weight excluding hydrogens is 106 g/mol. The molecule has 1 aliphatic heterocycles. The summed E-state index contributed by atoms with van der Waals surface area (Å²) in [5.41, 5.74) is 0. The van der Waals surface area contributed by atoms with Crippen LogP contribution in [-0.4, -0.2) is 11.4 Å². The predicted octanol–water partition coefficient (Wildman–Crippen LogP) is -0.101. The van der Waals surface area contributed by atoms with E-state index in [1.807, 2.05) is 0 Å². The summed E-state index contributed by atoms with van der Waals surface area (Å²) in [7, 11) is 0. The highest BCUT2D eigenvalue weighted by atomic mass is 32.1. The van der Waals surface area contributed by atoms with Crippen LogP contribution in [-0.2, 0) is 14.7 Å². The van der Waals surface area contributed by atoms with Crippen molar-refractivity contribution in [3.63, 3.8) is 0 Å². The van der Waals surface area contributed by atoms with Crippen LogP contribution >= 0.6 is 12.8 Å². The first-order valence-electron chi connectivity index (χ1n) is 1.31. The Hall–Kier alpha value is 0.190. The summed E-state index contributed by atoms with van der Waals surface area (Å²) in [5, 5.41) is 0. The fourth-order valence-corrected chi connectivity index (χ4v) is 0.249. The highest BCUT2D eigenvalue weighted by molar-refractivity contribution is 7.77. The van der Waals surface area contributed by atoms with Crippen LogP contribution in [0, 0.1) is 0 Å². The topological polar surface area (TPSA) is 30.9 Å². The molecular formula is CH3NO3S. The second kappa shape index (κ2) is 1.76. The summed E-state index contributed by atoms with van der Waals surface area (Å²) in [5.74, 6) is 0. The molecule has 1 rings (SSSR count). The minimum absolute atomic E-state index is 0.115. The van der Waals surface area contributed by atoms with Crippen LogP contribution in [0.4, 0.5) is 0 Å². The van der Waals surface area contributed by atoms with E-state index in [1.165, 1.54) is 0 Å². The van der Waals surface area contributed by atoms with E-state index in [9.17, 15) is 0 Å². The number of nitrogens with zero attached hydrogens (tertiary/aromatic N) is 1. The van der Waals surface area contributed by atoms with E-state index in [0.717, 1.165) is 4.63 Å². The fourth-order valence-electron chi connectivity index (χ4n) is 0.155. The predicted molar refractivity (Wildman–Crippen MR) is 18.9 cm³/mol. The summed E-state index contributed by atoms with van der Waals surface area (Å²) in [6, 6.07) is 0. The molecule has 0 aromatic heterocycles. The zero-order valence-corrected chi connectivity index (χ0v) is 3.72. The molecule has 1 saturated heterocycles. The highest BCUT2D eigenvalue weighted by Crippen LogP contribution is 2.03. The maximum atomic E-state index is 4.41. The van der Waals surface area contributed by atoms with Gasteiger partial charge in [-0.1, -0.05) is 4.99 Å². The van der Waals surface area contributed by atoms with Crippen molar-refractivity contribution in [3.05, 3.63) is 0 Å². The van der Waals surface area contributed by atoms with Gasteiger partial charge < -0.3 is 0 Å². The molecule has 0 N–H and O–H groups in total. The molecule has 6 heavy (non-hydrogen) atoms. The van der Waals surface area contributed by atoms with E-state index < -0.39 is 0 Å². The quantitative estimate of drug-likeness (QED) is 0.347. The molecule has 0 aromatic carbocycles. The lowest BCUT2D eigenvalue weighted by Crippen LogP contribution is -1.98. The average Bonchev–Trinajstić information content (AvgIpc) is 1.86. The smallest absolute Gasteiger partial charge is 0.206 e. The number of rotatable bonds is 0. The molecule has 5 heteroatoms.